The van der Waals surface area contributed by atoms with Crippen molar-refractivity contribution in [3.05, 3.63) is 66.4 Å². The fraction of sp³-hybridized carbons (Fsp3) is 0.150. The van der Waals surface area contributed by atoms with Gasteiger partial charge in [-0.05, 0) is 18.2 Å². The Hall–Kier alpha value is -4.28. The van der Waals surface area contributed by atoms with Gasteiger partial charge in [0.1, 0.15) is 36.1 Å². The zero-order chi connectivity index (χ0) is 22.0. The van der Waals surface area contributed by atoms with Crippen molar-refractivity contribution in [1.29, 1.82) is 0 Å². The molecule has 1 N–H and O–H groups in total. The van der Waals surface area contributed by atoms with E-state index in [9.17, 15) is 19.1 Å². The van der Waals surface area contributed by atoms with E-state index in [1.54, 1.807) is 53.3 Å². The maximum Gasteiger partial charge on any atom is 0.339 e. The lowest BCUT2D eigenvalue weighted by Crippen LogP contribution is -2.30. The SMILES string of the molecule is Cn1ncc(C(=O)O)c1C(=O)N(c1cccc(OCCF)c1)c1ccn2ccnc2n1. The highest BCUT2D eigenvalue weighted by atomic mass is 19.1. The number of fused-ring (bicyclic) bond motifs is 1. The number of carbonyl (C=O) groups is 2. The summed E-state index contributed by atoms with van der Waals surface area (Å²) in [6.07, 6.45) is 6.05. The number of carboxylic acid groups (broad SMARTS) is 1. The van der Waals surface area contributed by atoms with E-state index in [2.05, 4.69) is 15.1 Å². The molecule has 0 fully saturated rings. The maximum absolute atomic E-state index is 13.6. The lowest BCUT2D eigenvalue weighted by Gasteiger charge is -2.23. The van der Waals surface area contributed by atoms with Crippen molar-refractivity contribution >= 4 is 29.2 Å². The van der Waals surface area contributed by atoms with Crippen molar-refractivity contribution in [1.82, 2.24) is 24.1 Å². The molecule has 1 aromatic carbocycles. The Morgan fingerprint density at radius 3 is 2.87 bits per heavy atom. The Morgan fingerprint density at radius 2 is 2.10 bits per heavy atom. The number of aryl methyl sites for hydroxylation is 1. The summed E-state index contributed by atoms with van der Waals surface area (Å²) in [6.45, 7) is -0.803. The Bertz CT molecular complexity index is 1270. The summed E-state index contributed by atoms with van der Waals surface area (Å²) in [4.78, 5) is 35.0. The normalized spacial score (nSPS) is 10.9. The first-order valence-corrected chi connectivity index (χ1v) is 9.18. The third-order valence-corrected chi connectivity index (χ3v) is 4.47. The van der Waals surface area contributed by atoms with E-state index in [-0.39, 0.29) is 23.7 Å². The second-order valence-electron chi connectivity index (χ2n) is 6.43. The highest BCUT2D eigenvalue weighted by molar-refractivity contribution is 6.14. The van der Waals surface area contributed by atoms with Gasteiger partial charge in [-0.1, -0.05) is 6.07 Å². The van der Waals surface area contributed by atoms with Gasteiger partial charge in [-0.15, -0.1) is 0 Å². The molecule has 0 saturated heterocycles. The number of halogens is 1. The van der Waals surface area contributed by atoms with E-state index >= 15 is 0 Å². The van der Waals surface area contributed by atoms with Crippen molar-refractivity contribution in [2.75, 3.05) is 18.2 Å². The van der Waals surface area contributed by atoms with Gasteiger partial charge < -0.3 is 9.84 Å². The molecule has 31 heavy (non-hydrogen) atoms. The molecule has 3 aromatic heterocycles. The van der Waals surface area contributed by atoms with E-state index in [0.717, 1.165) is 6.20 Å². The van der Waals surface area contributed by atoms with Crippen LogP contribution in [0.2, 0.25) is 0 Å². The van der Waals surface area contributed by atoms with Crippen LogP contribution in [0, 0.1) is 0 Å². The van der Waals surface area contributed by atoms with Crippen molar-refractivity contribution in [2.24, 2.45) is 7.05 Å². The first kappa shape index (κ1) is 20.0. The Kier molecular flexibility index (Phi) is 5.31. The molecule has 0 aliphatic carbocycles. The van der Waals surface area contributed by atoms with Crippen LogP contribution >= 0.6 is 0 Å². The number of hydrogen-bond acceptors (Lipinski definition) is 6. The highest BCUT2D eigenvalue weighted by Crippen LogP contribution is 2.30. The molecule has 0 aliphatic heterocycles. The largest absolute Gasteiger partial charge is 0.491 e. The van der Waals surface area contributed by atoms with Gasteiger partial charge in [-0.2, -0.15) is 10.1 Å². The minimum atomic E-state index is -1.28. The summed E-state index contributed by atoms with van der Waals surface area (Å²) >= 11 is 0. The number of ether oxygens (including phenoxy) is 1. The number of amides is 1. The molecule has 10 nitrogen and oxygen atoms in total. The van der Waals surface area contributed by atoms with Crippen LogP contribution in [-0.4, -0.2) is 54.4 Å². The van der Waals surface area contributed by atoms with Gasteiger partial charge in [0.25, 0.3) is 5.91 Å². The van der Waals surface area contributed by atoms with E-state index in [4.69, 9.17) is 4.74 Å². The zero-order valence-electron chi connectivity index (χ0n) is 16.3. The molecule has 158 valence electrons. The maximum atomic E-state index is 13.6. The van der Waals surface area contributed by atoms with Crippen LogP contribution in [0.25, 0.3) is 5.78 Å². The van der Waals surface area contributed by atoms with Gasteiger partial charge >= 0.3 is 5.97 Å². The van der Waals surface area contributed by atoms with Gasteiger partial charge in [-0.25, -0.2) is 14.2 Å². The molecule has 0 radical (unpaired) electrons. The molecular formula is C20H17FN6O4. The quantitative estimate of drug-likeness (QED) is 0.485. The number of alkyl halides is 1. The molecular weight excluding hydrogens is 407 g/mol. The number of anilines is 2. The Balaban J connectivity index is 1.86. The molecule has 4 aromatic rings. The summed E-state index contributed by atoms with van der Waals surface area (Å²) in [5.74, 6) is -1.04. The summed E-state index contributed by atoms with van der Waals surface area (Å²) in [5.41, 5.74) is -0.0286. The molecule has 4 rings (SSSR count). The van der Waals surface area contributed by atoms with Gasteiger partial charge in [-0.3, -0.25) is 18.8 Å². The predicted molar refractivity (Wildman–Crippen MR) is 108 cm³/mol. The average molecular weight is 424 g/mol. The Labute approximate surface area is 175 Å². The molecule has 1 amide bonds. The number of hydrogen-bond donors (Lipinski definition) is 1. The van der Waals surface area contributed by atoms with Crippen LogP contribution in [0.3, 0.4) is 0 Å². The first-order valence-electron chi connectivity index (χ1n) is 9.18. The Morgan fingerprint density at radius 1 is 1.26 bits per heavy atom. The average Bonchev–Trinajstić information content (AvgIpc) is 3.38. The molecule has 11 heteroatoms. The second-order valence-corrected chi connectivity index (χ2v) is 6.43. The third-order valence-electron chi connectivity index (χ3n) is 4.47. The zero-order valence-corrected chi connectivity index (χ0v) is 16.3. The number of rotatable bonds is 7. The fourth-order valence-electron chi connectivity index (χ4n) is 3.10. The van der Waals surface area contributed by atoms with E-state index in [1.165, 1.54) is 16.6 Å². The number of nitrogens with zero attached hydrogens (tertiary/aromatic N) is 6. The van der Waals surface area contributed by atoms with Crippen LogP contribution in [-0.2, 0) is 7.05 Å². The number of benzene rings is 1. The molecule has 0 spiro atoms. The molecule has 0 unspecified atom stereocenters. The van der Waals surface area contributed by atoms with Crippen LogP contribution in [0.15, 0.2) is 55.1 Å². The van der Waals surface area contributed by atoms with Crippen LogP contribution < -0.4 is 9.64 Å². The van der Waals surface area contributed by atoms with Gasteiger partial charge in [0.15, 0.2) is 0 Å². The van der Waals surface area contributed by atoms with Crippen molar-refractivity contribution in [2.45, 2.75) is 0 Å². The molecule has 0 bridgehead atoms. The van der Waals surface area contributed by atoms with Gasteiger partial charge in [0.05, 0.1) is 11.9 Å². The van der Waals surface area contributed by atoms with Crippen LogP contribution in [0.1, 0.15) is 20.8 Å². The summed E-state index contributed by atoms with van der Waals surface area (Å²) in [6, 6.07) is 8.03. The van der Waals surface area contributed by atoms with Gasteiger partial charge in [0.2, 0.25) is 5.78 Å². The van der Waals surface area contributed by atoms with E-state index in [0.29, 0.717) is 17.2 Å². The van der Waals surface area contributed by atoms with Crippen LogP contribution in [0.5, 0.6) is 5.75 Å². The molecule has 0 saturated carbocycles. The first-order chi connectivity index (χ1) is 15.0. The van der Waals surface area contributed by atoms with Crippen molar-refractivity contribution in [3.63, 3.8) is 0 Å². The number of carbonyl (C=O) groups excluding carboxylic acids is 1. The monoisotopic (exact) mass is 424 g/mol. The minimum absolute atomic E-state index is 0.132. The van der Waals surface area contributed by atoms with E-state index in [1.807, 2.05) is 0 Å². The van der Waals surface area contributed by atoms with Crippen molar-refractivity contribution < 1.29 is 23.8 Å². The summed E-state index contributed by atoms with van der Waals surface area (Å²) in [5, 5.41) is 13.4. The second kappa shape index (κ2) is 8.22. The molecule has 3 heterocycles. The molecule has 0 atom stereocenters. The lowest BCUT2D eigenvalue weighted by atomic mass is 10.2. The van der Waals surface area contributed by atoms with Crippen LogP contribution in [0.4, 0.5) is 15.9 Å². The van der Waals surface area contributed by atoms with Gasteiger partial charge in [0, 0.05) is 31.7 Å². The van der Waals surface area contributed by atoms with Crippen molar-refractivity contribution in [3.8, 4) is 5.75 Å². The van der Waals surface area contributed by atoms with E-state index < -0.39 is 18.6 Å². The smallest absolute Gasteiger partial charge is 0.339 e. The fourth-order valence-corrected chi connectivity index (χ4v) is 3.10. The standard InChI is InChI=1S/C20H17FN6O4/c1-25-17(15(12-23-25)19(29)30)18(28)27(13-3-2-4-14(11-13)31-10-6-21)16-5-8-26-9-7-22-20(26)24-16/h2-5,7-9,11-12H,6,10H2,1H3,(H,29,30). The lowest BCUT2D eigenvalue weighted by molar-refractivity contribution is 0.0691. The number of imidazole rings is 1. The number of aromatic nitrogens is 5. The number of aromatic carboxylic acids is 1. The molecule has 0 aliphatic rings. The third kappa shape index (κ3) is 3.80. The predicted octanol–water partition coefficient (Wildman–Crippen LogP) is 2.49. The number of carboxylic acids is 1. The summed E-state index contributed by atoms with van der Waals surface area (Å²) in [7, 11) is 1.48. The topological polar surface area (TPSA) is 115 Å². The highest BCUT2D eigenvalue weighted by Gasteiger charge is 2.29. The minimum Gasteiger partial charge on any atom is -0.491 e. The summed E-state index contributed by atoms with van der Waals surface area (Å²) < 4.78 is 20.7.